The molecule has 3 N–H and O–H groups in total. The number of hydrogen-bond donors (Lipinski definition) is 2. The van der Waals surface area contributed by atoms with Gasteiger partial charge in [-0.05, 0) is 31.7 Å². The third-order valence-electron chi connectivity index (χ3n) is 5.23. The third-order valence-corrected chi connectivity index (χ3v) is 5.23. The number of nitrogens with one attached hydrogen (secondary N) is 1. The fourth-order valence-corrected chi connectivity index (χ4v) is 3.82. The molecule has 0 spiro atoms. The molecule has 1 aliphatic heterocycles. The Kier molecular flexibility index (Phi) is 5.87. The van der Waals surface area contributed by atoms with Gasteiger partial charge in [-0.25, -0.2) is 0 Å². The molecule has 2 aliphatic rings. The molecule has 0 radical (unpaired) electrons. The predicted octanol–water partition coefficient (Wildman–Crippen LogP) is 1.61. The number of aryl methyl sites for hydroxylation is 1. The van der Waals surface area contributed by atoms with Crippen LogP contribution in [-0.4, -0.2) is 49.7 Å². The van der Waals surface area contributed by atoms with E-state index in [9.17, 15) is 4.79 Å². The average molecular weight is 331 g/mol. The summed E-state index contributed by atoms with van der Waals surface area (Å²) in [5, 5.41) is 3.18. The summed E-state index contributed by atoms with van der Waals surface area (Å²) in [5.41, 5.74) is 8.45. The van der Waals surface area contributed by atoms with Gasteiger partial charge in [-0.3, -0.25) is 9.69 Å². The first-order valence-electron chi connectivity index (χ1n) is 9.05. The minimum Gasteiger partial charge on any atom is -0.379 e. The van der Waals surface area contributed by atoms with Crippen molar-refractivity contribution >= 4 is 5.91 Å². The Morgan fingerprint density at radius 2 is 2.17 bits per heavy atom. The molecule has 1 amide bonds. The van der Waals surface area contributed by atoms with Gasteiger partial charge in [-0.1, -0.05) is 29.8 Å². The summed E-state index contributed by atoms with van der Waals surface area (Å²) in [6.45, 7) is 6.08. The largest absolute Gasteiger partial charge is 0.379 e. The van der Waals surface area contributed by atoms with Gasteiger partial charge in [0.05, 0.1) is 19.3 Å². The molecule has 2 fully saturated rings. The number of benzene rings is 1. The zero-order chi connectivity index (χ0) is 16.9. The van der Waals surface area contributed by atoms with Crippen LogP contribution in [0, 0.1) is 12.8 Å². The van der Waals surface area contributed by atoms with Gasteiger partial charge in [0.25, 0.3) is 0 Å². The second kappa shape index (κ2) is 8.10. The molecule has 3 atom stereocenters. The number of hydrogen-bond acceptors (Lipinski definition) is 4. The van der Waals surface area contributed by atoms with Crippen molar-refractivity contribution in [2.75, 3.05) is 32.8 Å². The predicted molar refractivity (Wildman–Crippen MR) is 94.6 cm³/mol. The van der Waals surface area contributed by atoms with E-state index in [1.165, 1.54) is 11.1 Å². The molecule has 1 saturated heterocycles. The molecule has 24 heavy (non-hydrogen) atoms. The van der Waals surface area contributed by atoms with Crippen LogP contribution in [0.1, 0.15) is 36.4 Å². The first-order chi connectivity index (χ1) is 11.6. The first kappa shape index (κ1) is 17.4. The summed E-state index contributed by atoms with van der Waals surface area (Å²) in [6.07, 6.45) is 2.70. The van der Waals surface area contributed by atoms with Crippen molar-refractivity contribution in [3.05, 3.63) is 35.4 Å². The lowest BCUT2D eigenvalue weighted by molar-refractivity contribution is -0.125. The highest BCUT2D eigenvalue weighted by Gasteiger charge is 2.29. The monoisotopic (exact) mass is 331 g/mol. The van der Waals surface area contributed by atoms with Crippen molar-refractivity contribution < 1.29 is 9.53 Å². The molecule has 5 nitrogen and oxygen atoms in total. The maximum absolute atomic E-state index is 12.5. The summed E-state index contributed by atoms with van der Waals surface area (Å²) in [4.78, 5) is 14.9. The second-order valence-corrected chi connectivity index (χ2v) is 7.09. The lowest BCUT2D eigenvalue weighted by Gasteiger charge is -2.35. The lowest BCUT2D eigenvalue weighted by Crippen LogP contribution is -2.44. The van der Waals surface area contributed by atoms with Gasteiger partial charge in [0.15, 0.2) is 0 Å². The summed E-state index contributed by atoms with van der Waals surface area (Å²) >= 11 is 0. The Hall–Kier alpha value is -1.43. The van der Waals surface area contributed by atoms with Crippen molar-refractivity contribution in [2.45, 2.75) is 38.3 Å². The minimum atomic E-state index is 0.0860. The Morgan fingerprint density at radius 3 is 2.83 bits per heavy atom. The van der Waals surface area contributed by atoms with Crippen molar-refractivity contribution in [3.63, 3.8) is 0 Å². The van der Waals surface area contributed by atoms with Crippen molar-refractivity contribution in [1.29, 1.82) is 0 Å². The molecule has 1 aromatic rings. The van der Waals surface area contributed by atoms with E-state index in [2.05, 4.69) is 41.4 Å². The zero-order valence-corrected chi connectivity index (χ0v) is 14.5. The molecule has 5 heteroatoms. The van der Waals surface area contributed by atoms with E-state index >= 15 is 0 Å². The van der Waals surface area contributed by atoms with Gasteiger partial charge in [-0.2, -0.15) is 0 Å². The summed E-state index contributed by atoms with van der Waals surface area (Å²) in [7, 11) is 0. The van der Waals surface area contributed by atoms with Crippen molar-refractivity contribution in [2.24, 2.45) is 11.7 Å². The second-order valence-electron chi connectivity index (χ2n) is 7.09. The molecular formula is C19H29N3O2. The fraction of sp³-hybridized carbons (Fsp3) is 0.632. The van der Waals surface area contributed by atoms with E-state index in [1.54, 1.807) is 0 Å². The molecule has 1 heterocycles. The molecule has 0 bridgehead atoms. The van der Waals surface area contributed by atoms with Crippen LogP contribution in [0.3, 0.4) is 0 Å². The van der Waals surface area contributed by atoms with E-state index in [1.807, 2.05) is 0 Å². The highest BCUT2D eigenvalue weighted by Crippen LogP contribution is 2.25. The van der Waals surface area contributed by atoms with Crippen LogP contribution in [0.4, 0.5) is 0 Å². The topological polar surface area (TPSA) is 67.6 Å². The van der Waals surface area contributed by atoms with Crippen LogP contribution in [0.15, 0.2) is 24.3 Å². The standard InChI is InChI=1S/C19H29N3O2/c1-14-3-2-4-15(11-14)18(22-7-9-24-10-8-22)13-21-19(23)16-5-6-17(20)12-16/h2-4,11,16-18H,5-10,12-13,20H2,1H3,(H,21,23). The highest BCUT2D eigenvalue weighted by molar-refractivity contribution is 5.79. The molecule has 1 saturated carbocycles. The zero-order valence-electron chi connectivity index (χ0n) is 14.5. The van der Waals surface area contributed by atoms with Gasteiger partial charge < -0.3 is 15.8 Å². The van der Waals surface area contributed by atoms with Crippen LogP contribution in [0.25, 0.3) is 0 Å². The van der Waals surface area contributed by atoms with E-state index in [0.717, 1.165) is 45.6 Å². The number of ether oxygens (including phenoxy) is 1. The number of rotatable bonds is 5. The summed E-state index contributed by atoms with van der Waals surface area (Å²) in [5.74, 6) is 0.247. The van der Waals surface area contributed by atoms with Crippen LogP contribution < -0.4 is 11.1 Å². The van der Waals surface area contributed by atoms with Crippen molar-refractivity contribution in [1.82, 2.24) is 10.2 Å². The van der Waals surface area contributed by atoms with Gasteiger partial charge in [0, 0.05) is 31.6 Å². The number of carbonyl (C=O) groups excluding carboxylic acids is 1. The molecule has 3 unspecified atom stereocenters. The van der Waals surface area contributed by atoms with Gasteiger partial charge in [0.2, 0.25) is 5.91 Å². The number of amides is 1. The van der Waals surface area contributed by atoms with E-state index in [0.29, 0.717) is 6.54 Å². The smallest absolute Gasteiger partial charge is 0.223 e. The van der Waals surface area contributed by atoms with E-state index < -0.39 is 0 Å². The van der Waals surface area contributed by atoms with Gasteiger partial charge in [-0.15, -0.1) is 0 Å². The maximum Gasteiger partial charge on any atom is 0.223 e. The number of nitrogens with two attached hydrogens (primary N) is 1. The SMILES string of the molecule is Cc1cccc(C(CNC(=O)C2CCC(N)C2)N2CCOCC2)c1. The first-order valence-corrected chi connectivity index (χ1v) is 9.05. The molecule has 1 aliphatic carbocycles. The van der Waals surface area contributed by atoms with E-state index in [-0.39, 0.29) is 23.9 Å². The molecule has 1 aromatic carbocycles. The Bertz CT molecular complexity index is 557. The van der Waals surface area contributed by atoms with Crippen LogP contribution >= 0.6 is 0 Å². The average Bonchev–Trinajstić information content (AvgIpc) is 3.02. The molecule has 0 aromatic heterocycles. The van der Waals surface area contributed by atoms with Crippen molar-refractivity contribution in [3.8, 4) is 0 Å². The number of morpholine rings is 1. The Morgan fingerprint density at radius 1 is 1.38 bits per heavy atom. The summed E-state index contributed by atoms with van der Waals surface area (Å²) in [6, 6.07) is 8.97. The van der Waals surface area contributed by atoms with E-state index in [4.69, 9.17) is 10.5 Å². The van der Waals surface area contributed by atoms with Gasteiger partial charge >= 0.3 is 0 Å². The number of carbonyl (C=O) groups is 1. The van der Waals surface area contributed by atoms with Crippen LogP contribution in [0.5, 0.6) is 0 Å². The summed E-state index contributed by atoms with van der Waals surface area (Å²) < 4.78 is 5.49. The van der Waals surface area contributed by atoms with Crippen LogP contribution in [0.2, 0.25) is 0 Å². The Labute approximate surface area is 144 Å². The fourth-order valence-electron chi connectivity index (χ4n) is 3.82. The Balaban J connectivity index is 1.66. The van der Waals surface area contributed by atoms with Crippen LogP contribution in [-0.2, 0) is 9.53 Å². The van der Waals surface area contributed by atoms with Gasteiger partial charge in [0.1, 0.15) is 0 Å². The quantitative estimate of drug-likeness (QED) is 0.860. The lowest BCUT2D eigenvalue weighted by atomic mass is 10.0. The third kappa shape index (κ3) is 4.35. The normalized spacial score (nSPS) is 26.2. The maximum atomic E-state index is 12.5. The number of nitrogens with zero attached hydrogens (tertiary/aromatic N) is 1. The molecule has 3 rings (SSSR count). The molecule has 132 valence electrons. The minimum absolute atomic E-state index is 0.0860. The highest BCUT2D eigenvalue weighted by atomic mass is 16.5. The molecular weight excluding hydrogens is 302 g/mol.